The van der Waals surface area contributed by atoms with Crippen LogP contribution in [0.4, 0.5) is 5.82 Å². The van der Waals surface area contributed by atoms with E-state index >= 15 is 0 Å². The number of esters is 1. The lowest BCUT2D eigenvalue weighted by atomic mass is 10.3. The van der Waals surface area contributed by atoms with Gasteiger partial charge >= 0.3 is 5.97 Å². The van der Waals surface area contributed by atoms with E-state index < -0.39 is 5.97 Å². The van der Waals surface area contributed by atoms with E-state index in [1.54, 1.807) is 7.05 Å². The Hall–Kier alpha value is -1.52. The number of rotatable bonds is 1. The molecule has 0 aliphatic heterocycles. The molecule has 11 heavy (non-hydrogen) atoms. The van der Waals surface area contributed by atoms with Crippen LogP contribution in [0.25, 0.3) is 0 Å². The van der Waals surface area contributed by atoms with Gasteiger partial charge in [0.2, 0.25) is 0 Å². The Morgan fingerprint density at radius 2 is 2.45 bits per heavy atom. The van der Waals surface area contributed by atoms with Crippen LogP contribution < -0.4 is 5.73 Å². The normalized spacial score (nSPS) is 9.64. The number of carbonyl (C=O) groups is 1. The minimum Gasteiger partial charge on any atom is -0.465 e. The van der Waals surface area contributed by atoms with Crippen LogP contribution in [-0.4, -0.2) is 22.9 Å². The van der Waals surface area contributed by atoms with E-state index in [1.807, 2.05) is 0 Å². The Kier molecular flexibility index (Phi) is 1.80. The summed E-state index contributed by atoms with van der Waals surface area (Å²) in [5.74, 6) is -0.269. The Balaban J connectivity index is 3.03. The summed E-state index contributed by atoms with van der Waals surface area (Å²) in [5, 5.41) is 3.77. The molecule has 0 aliphatic carbocycles. The molecular weight excluding hydrogens is 146 g/mol. The van der Waals surface area contributed by atoms with Crippen LogP contribution in [0.2, 0.25) is 0 Å². The minimum atomic E-state index is -0.462. The van der Waals surface area contributed by atoms with Gasteiger partial charge in [0, 0.05) is 13.2 Å². The lowest BCUT2D eigenvalue weighted by molar-refractivity contribution is 0.0602. The lowest BCUT2D eigenvalue weighted by Crippen LogP contribution is -2.02. The second-order valence-corrected chi connectivity index (χ2v) is 2.09. The second kappa shape index (κ2) is 2.61. The fourth-order valence-electron chi connectivity index (χ4n) is 0.773. The van der Waals surface area contributed by atoms with Gasteiger partial charge in [0.05, 0.1) is 7.11 Å². The number of anilines is 1. The summed E-state index contributed by atoms with van der Waals surface area (Å²) in [4.78, 5) is 10.9. The zero-order valence-electron chi connectivity index (χ0n) is 6.37. The van der Waals surface area contributed by atoms with Crippen LogP contribution in [0.5, 0.6) is 0 Å². The Morgan fingerprint density at radius 3 is 2.82 bits per heavy atom. The monoisotopic (exact) mass is 155 g/mol. The van der Waals surface area contributed by atoms with Crippen molar-refractivity contribution >= 4 is 11.8 Å². The van der Waals surface area contributed by atoms with Gasteiger partial charge in [-0.25, -0.2) is 4.79 Å². The predicted octanol–water partition coefficient (Wildman–Crippen LogP) is -0.211. The molecule has 60 valence electrons. The summed E-state index contributed by atoms with van der Waals surface area (Å²) in [5.41, 5.74) is 5.69. The third kappa shape index (κ3) is 1.31. The van der Waals surface area contributed by atoms with Crippen molar-refractivity contribution in [2.45, 2.75) is 0 Å². The van der Waals surface area contributed by atoms with E-state index in [0.29, 0.717) is 5.56 Å². The third-order valence-corrected chi connectivity index (χ3v) is 1.26. The summed E-state index contributed by atoms with van der Waals surface area (Å²) in [7, 11) is 2.98. The van der Waals surface area contributed by atoms with Gasteiger partial charge in [-0.1, -0.05) is 0 Å². The number of ether oxygens (including phenoxy) is 1. The zero-order valence-corrected chi connectivity index (χ0v) is 6.37. The second-order valence-electron chi connectivity index (χ2n) is 2.09. The van der Waals surface area contributed by atoms with Crippen LogP contribution in [0, 0.1) is 0 Å². The number of carbonyl (C=O) groups excluding carboxylic acids is 1. The Bertz CT molecular complexity index is 279. The summed E-state index contributed by atoms with van der Waals surface area (Å²) in [6.07, 6.45) is 1.52. The molecule has 1 rings (SSSR count). The first-order chi connectivity index (χ1) is 5.15. The maximum atomic E-state index is 10.9. The number of nitrogen functional groups attached to an aromatic ring is 1. The summed E-state index contributed by atoms with van der Waals surface area (Å²) in [6, 6.07) is 0. The maximum Gasteiger partial charge on any atom is 0.343 e. The zero-order chi connectivity index (χ0) is 8.43. The SMILES string of the molecule is COC(=O)c1cn(C)nc1N. The third-order valence-electron chi connectivity index (χ3n) is 1.26. The maximum absolute atomic E-state index is 10.9. The number of methoxy groups -OCH3 is 1. The first-order valence-corrected chi connectivity index (χ1v) is 3.02. The summed E-state index contributed by atoms with van der Waals surface area (Å²) in [6.45, 7) is 0. The number of aryl methyl sites for hydroxylation is 1. The fourth-order valence-corrected chi connectivity index (χ4v) is 0.773. The molecule has 0 aliphatic rings. The van der Waals surface area contributed by atoms with E-state index in [4.69, 9.17) is 5.73 Å². The summed E-state index contributed by atoms with van der Waals surface area (Å²) < 4.78 is 5.92. The number of nitrogens with two attached hydrogens (primary N) is 1. The van der Waals surface area contributed by atoms with Crippen molar-refractivity contribution in [3.05, 3.63) is 11.8 Å². The van der Waals surface area contributed by atoms with E-state index in [9.17, 15) is 4.79 Å². The Labute approximate surface area is 63.7 Å². The highest BCUT2D eigenvalue weighted by atomic mass is 16.5. The van der Waals surface area contributed by atoms with Crippen molar-refractivity contribution in [3.8, 4) is 0 Å². The highest BCUT2D eigenvalue weighted by Gasteiger charge is 2.12. The first-order valence-electron chi connectivity index (χ1n) is 3.02. The minimum absolute atomic E-state index is 0.194. The van der Waals surface area contributed by atoms with Gasteiger partial charge in [-0.05, 0) is 0 Å². The fraction of sp³-hybridized carbons (Fsp3) is 0.333. The van der Waals surface area contributed by atoms with Gasteiger partial charge in [0.25, 0.3) is 0 Å². The first kappa shape index (κ1) is 7.59. The van der Waals surface area contributed by atoms with Gasteiger partial charge in [-0.3, -0.25) is 4.68 Å². The van der Waals surface area contributed by atoms with Gasteiger partial charge in [0.1, 0.15) is 5.56 Å². The molecule has 0 fully saturated rings. The van der Waals surface area contributed by atoms with Crippen molar-refractivity contribution in [3.63, 3.8) is 0 Å². The quantitative estimate of drug-likeness (QED) is 0.569. The van der Waals surface area contributed by atoms with Crippen molar-refractivity contribution < 1.29 is 9.53 Å². The topological polar surface area (TPSA) is 70.1 Å². The van der Waals surface area contributed by atoms with Crippen LogP contribution in [-0.2, 0) is 11.8 Å². The highest BCUT2D eigenvalue weighted by molar-refractivity contribution is 5.93. The molecule has 5 heteroatoms. The Morgan fingerprint density at radius 1 is 1.82 bits per heavy atom. The number of hydrogen-bond acceptors (Lipinski definition) is 4. The molecule has 1 aromatic heterocycles. The predicted molar refractivity (Wildman–Crippen MR) is 39.0 cm³/mol. The average molecular weight is 155 g/mol. The van der Waals surface area contributed by atoms with Crippen LogP contribution in [0.1, 0.15) is 10.4 Å². The molecule has 0 unspecified atom stereocenters. The van der Waals surface area contributed by atoms with Crippen molar-refractivity contribution in [1.29, 1.82) is 0 Å². The van der Waals surface area contributed by atoms with E-state index in [-0.39, 0.29) is 5.82 Å². The van der Waals surface area contributed by atoms with Crippen LogP contribution in [0.15, 0.2) is 6.20 Å². The molecule has 2 N–H and O–H groups in total. The molecule has 1 aromatic rings. The molecule has 0 aromatic carbocycles. The van der Waals surface area contributed by atoms with Crippen molar-refractivity contribution in [2.75, 3.05) is 12.8 Å². The molecule has 0 saturated carbocycles. The van der Waals surface area contributed by atoms with Crippen LogP contribution >= 0.6 is 0 Å². The molecule has 0 amide bonds. The molecule has 5 nitrogen and oxygen atoms in total. The molecule has 0 spiro atoms. The van der Waals surface area contributed by atoms with Gasteiger partial charge < -0.3 is 10.5 Å². The summed E-state index contributed by atoms with van der Waals surface area (Å²) >= 11 is 0. The van der Waals surface area contributed by atoms with Gasteiger partial charge in [0.15, 0.2) is 5.82 Å². The van der Waals surface area contributed by atoms with E-state index in [2.05, 4.69) is 9.84 Å². The lowest BCUT2D eigenvalue weighted by Gasteiger charge is -1.92. The molecule has 1 heterocycles. The number of aromatic nitrogens is 2. The smallest absolute Gasteiger partial charge is 0.343 e. The molecular formula is C6H9N3O2. The molecule has 0 atom stereocenters. The molecule has 0 saturated heterocycles. The molecule has 0 radical (unpaired) electrons. The standard InChI is InChI=1S/C6H9N3O2/c1-9-3-4(5(7)8-9)6(10)11-2/h3H,1-2H3,(H2,7,8). The van der Waals surface area contributed by atoms with E-state index in [1.165, 1.54) is 18.0 Å². The molecule has 0 bridgehead atoms. The van der Waals surface area contributed by atoms with Crippen LogP contribution in [0.3, 0.4) is 0 Å². The highest BCUT2D eigenvalue weighted by Crippen LogP contribution is 2.08. The van der Waals surface area contributed by atoms with Gasteiger partial charge in [-0.2, -0.15) is 5.10 Å². The van der Waals surface area contributed by atoms with E-state index in [0.717, 1.165) is 0 Å². The number of hydrogen-bond donors (Lipinski definition) is 1. The largest absolute Gasteiger partial charge is 0.465 e. The van der Waals surface area contributed by atoms with Crippen molar-refractivity contribution in [2.24, 2.45) is 7.05 Å². The number of nitrogens with zero attached hydrogens (tertiary/aromatic N) is 2. The average Bonchev–Trinajstić information content (AvgIpc) is 2.28. The van der Waals surface area contributed by atoms with Gasteiger partial charge in [-0.15, -0.1) is 0 Å². The van der Waals surface area contributed by atoms with Crippen molar-refractivity contribution in [1.82, 2.24) is 9.78 Å².